The normalized spacial score (nSPS) is 12.2. The highest BCUT2D eigenvalue weighted by Crippen LogP contribution is 2.52. The first-order valence-corrected chi connectivity index (χ1v) is 27.6. The van der Waals surface area contributed by atoms with Crippen LogP contribution in [0.1, 0.15) is 0 Å². The molecule has 3 nitrogen and oxygen atoms in total. The predicted octanol–water partition coefficient (Wildman–Crippen LogP) is 19.4. The first kappa shape index (κ1) is 46.9. The van der Waals surface area contributed by atoms with E-state index in [0.29, 0.717) is 0 Å². The fourth-order valence-electron chi connectivity index (χ4n) is 12.4. The maximum Gasteiger partial charge on any atom is 0.333 e. The van der Waals surface area contributed by atoms with Gasteiger partial charge in [-0.2, -0.15) is 0 Å². The Morgan fingerprint density at radius 1 is 0.275 bits per heavy atom. The van der Waals surface area contributed by atoms with Crippen LogP contribution in [0.3, 0.4) is 0 Å². The van der Waals surface area contributed by atoms with Crippen molar-refractivity contribution < 1.29 is 0 Å². The molecule has 0 atom stereocenters. The van der Waals surface area contributed by atoms with Crippen LogP contribution < -0.4 is 25.5 Å². The van der Waals surface area contributed by atoms with Crippen molar-refractivity contribution in [2.24, 2.45) is 0 Å². The van der Waals surface area contributed by atoms with Crippen LogP contribution in [0.5, 0.6) is 0 Å². The largest absolute Gasteiger partial charge is 0.376 e. The molecule has 0 N–H and O–H groups in total. The summed E-state index contributed by atoms with van der Waals surface area (Å²) < 4.78 is 0. The van der Waals surface area contributed by atoms with Gasteiger partial charge >= 0.3 is 6.85 Å². The second kappa shape index (κ2) is 19.9. The summed E-state index contributed by atoms with van der Waals surface area (Å²) in [5, 5.41) is 2.43. The molecule has 2 heterocycles. The van der Waals surface area contributed by atoms with Gasteiger partial charge < -0.3 is 14.6 Å². The van der Waals surface area contributed by atoms with Crippen LogP contribution in [0.15, 0.2) is 315 Å². The van der Waals surface area contributed by atoms with Gasteiger partial charge in [-0.25, -0.2) is 0 Å². The Morgan fingerprint density at radius 3 is 1.25 bits per heavy atom. The second-order valence-corrected chi connectivity index (χ2v) is 20.8. The highest BCUT2D eigenvalue weighted by Gasteiger charge is 2.46. The van der Waals surface area contributed by atoms with E-state index in [9.17, 15) is 0 Å². The molecule has 15 rings (SSSR count). The zero-order valence-corrected chi connectivity index (χ0v) is 43.9. The van der Waals surface area contributed by atoms with E-state index in [-0.39, 0.29) is 6.85 Å². The number of nitrogens with zero attached hydrogens (tertiary/aromatic N) is 3. The summed E-state index contributed by atoms with van der Waals surface area (Å²) in [6.07, 6.45) is 0. The molecule has 4 heteroatoms. The van der Waals surface area contributed by atoms with Crippen molar-refractivity contribution in [2.45, 2.75) is 0 Å². The van der Waals surface area contributed by atoms with E-state index >= 15 is 0 Å². The van der Waals surface area contributed by atoms with Gasteiger partial charge in [0.2, 0.25) is 0 Å². The first-order chi connectivity index (χ1) is 39.7. The quantitative estimate of drug-likeness (QED) is 0.126. The minimum absolute atomic E-state index is 0.226. The van der Waals surface area contributed by atoms with Crippen molar-refractivity contribution in [3.8, 4) is 66.8 Å². The fraction of sp³-hybridized carbons (Fsp3) is 0. The predicted molar refractivity (Wildman–Crippen MR) is 340 cm³/mol. The molecule has 374 valence electrons. The SMILES string of the molecule is c1ccc(-c2ccc(N(c3ccc(-c4ccccc4)cc3)c3ccc4c(c3)N(c3cccc(-c5ccccc5)c3)B3c5ccc(-c6ccccc6)cc5N(c5cccc(-c6ccccc6)c5)c5cc6ccccc6c-4c53)cc2)cc1. The second-order valence-electron chi connectivity index (χ2n) is 20.8. The summed E-state index contributed by atoms with van der Waals surface area (Å²) >= 11 is 0. The van der Waals surface area contributed by atoms with Crippen molar-refractivity contribution >= 4 is 74.0 Å². The molecule has 0 amide bonds. The maximum absolute atomic E-state index is 2.65. The Labute approximate surface area is 468 Å². The summed E-state index contributed by atoms with van der Waals surface area (Å²) in [7, 11) is 0. The lowest BCUT2D eigenvalue weighted by atomic mass is 9.43. The average Bonchev–Trinajstić information content (AvgIpc) is 3.42. The van der Waals surface area contributed by atoms with Crippen LogP contribution in [0.25, 0.3) is 77.5 Å². The van der Waals surface area contributed by atoms with E-state index in [1.807, 2.05) is 0 Å². The number of fused-ring (bicyclic) bond motifs is 6. The molecule has 13 aromatic rings. The van der Waals surface area contributed by atoms with E-state index < -0.39 is 0 Å². The van der Waals surface area contributed by atoms with Gasteiger partial charge in [0, 0.05) is 51.1 Å². The lowest BCUT2D eigenvalue weighted by Gasteiger charge is -2.46. The molecule has 0 unspecified atom stereocenters. The van der Waals surface area contributed by atoms with Gasteiger partial charge in [0.25, 0.3) is 0 Å². The number of rotatable bonds is 10. The smallest absolute Gasteiger partial charge is 0.333 e. The summed E-state index contributed by atoms with van der Waals surface area (Å²) in [5.74, 6) is 0. The molecule has 2 aliphatic heterocycles. The Morgan fingerprint density at radius 2 is 0.700 bits per heavy atom. The fourth-order valence-corrected chi connectivity index (χ4v) is 12.4. The minimum Gasteiger partial charge on any atom is -0.376 e. The van der Waals surface area contributed by atoms with Crippen molar-refractivity contribution in [1.82, 2.24) is 0 Å². The standard InChI is InChI=1S/C76H52BN3/c1-6-20-53(21-7-1)58-36-41-64(42-37-58)78(65-43-38-59(39-44-65)54-22-8-2-9-23-54)67-45-46-70-72(52-67)80(68-34-19-32-61(49-68)56-26-12-4-13-27-56)77-71-47-40-62(57-28-14-5-15-29-57)50-73(71)79(66-33-18-31-60(48-66)55-24-10-3-11-25-55)74-51-63-30-16-17-35-69(63)75(70)76(74)77/h1-52H. The molecule has 0 saturated heterocycles. The average molecular weight is 1020 g/mol. The van der Waals surface area contributed by atoms with Crippen LogP contribution in [0.4, 0.5) is 45.5 Å². The van der Waals surface area contributed by atoms with Gasteiger partial charge in [0.05, 0.1) is 0 Å². The summed E-state index contributed by atoms with van der Waals surface area (Å²) in [5.41, 5.74) is 25.6. The number of hydrogen-bond donors (Lipinski definition) is 0. The van der Waals surface area contributed by atoms with Crippen LogP contribution in [-0.4, -0.2) is 6.85 Å². The molecule has 0 bridgehead atoms. The summed E-state index contributed by atoms with van der Waals surface area (Å²) in [6.45, 7) is -0.226. The third-order valence-electron chi connectivity index (χ3n) is 16.2. The van der Waals surface area contributed by atoms with Crippen LogP contribution in [-0.2, 0) is 0 Å². The van der Waals surface area contributed by atoms with E-state index in [1.54, 1.807) is 0 Å². The molecule has 2 aliphatic rings. The number of hydrogen-bond acceptors (Lipinski definition) is 3. The molecule has 0 spiro atoms. The number of benzene rings is 13. The third kappa shape index (κ3) is 8.25. The lowest BCUT2D eigenvalue weighted by molar-refractivity contribution is 1.26. The van der Waals surface area contributed by atoms with Gasteiger partial charge in [-0.05, 0) is 156 Å². The van der Waals surface area contributed by atoms with Gasteiger partial charge in [0.1, 0.15) is 0 Å². The summed E-state index contributed by atoms with van der Waals surface area (Å²) in [4.78, 5) is 7.63. The Balaban J connectivity index is 1.00. The topological polar surface area (TPSA) is 9.72 Å². The Kier molecular flexibility index (Phi) is 11.6. The van der Waals surface area contributed by atoms with Gasteiger partial charge in [-0.1, -0.05) is 243 Å². The van der Waals surface area contributed by atoms with Crippen LogP contribution >= 0.6 is 0 Å². The molecule has 80 heavy (non-hydrogen) atoms. The van der Waals surface area contributed by atoms with Crippen LogP contribution in [0, 0.1) is 0 Å². The van der Waals surface area contributed by atoms with Crippen molar-refractivity contribution in [3.05, 3.63) is 315 Å². The molecule has 0 aromatic heterocycles. The van der Waals surface area contributed by atoms with Gasteiger partial charge in [-0.3, -0.25) is 0 Å². The van der Waals surface area contributed by atoms with E-state index in [0.717, 1.165) is 39.8 Å². The van der Waals surface area contributed by atoms with Crippen molar-refractivity contribution in [2.75, 3.05) is 14.6 Å². The van der Waals surface area contributed by atoms with Gasteiger partial charge in [-0.15, -0.1) is 0 Å². The zero-order chi connectivity index (χ0) is 52.9. The monoisotopic (exact) mass is 1020 g/mol. The Hall–Kier alpha value is -10.4. The highest BCUT2D eigenvalue weighted by atomic mass is 15.2. The molecule has 0 radical (unpaired) electrons. The van der Waals surface area contributed by atoms with E-state index in [2.05, 4.69) is 330 Å². The van der Waals surface area contributed by atoms with E-state index in [4.69, 9.17) is 0 Å². The van der Waals surface area contributed by atoms with Crippen LogP contribution in [0.2, 0.25) is 0 Å². The van der Waals surface area contributed by atoms with Crippen molar-refractivity contribution in [3.63, 3.8) is 0 Å². The Bertz CT molecular complexity index is 4310. The third-order valence-corrected chi connectivity index (χ3v) is 16.2. The van der Waals surface area contributed by atoms with E-state index in [1.165, 1.54) is 94.1 Å². The minimum atomic E-state index is -0.226. The van der Waals surface area contributed by atoms with Crippen molar-refractivity contribution in [1.29, 1.82) is 0 Å². The van der Waals surface area contributed by atoms with Gasteiger partial charge in [0.15, 0.2) is 0 Å². The molecule has 0 fully saturated rings. The maximum atomic E-state index is 2.65. The molecule has 0 aliphatic carbocycles. The lowest BCUT2D eigenvalue weighted by Crippen LogP contribution is -2.61. The summed E-state index contributed by atoms with van der Waals surface area (Å²) in [6, 6.07) is 116. The number of anilines is 8. The molecular formula is C76H52BN3. The first-order valence-electron chi connectivity index (χ1n) is 27.6. The molecule has 13 aromatic carbocycles. The molecular weight excluding hydrogens is 966 g/mol. The zero-order valence-electron chi connectivity index (χ0n) is 43.9. The molecule has 0 saturated carbocycles. The highest BCUT2D eigenvalue weighted by molar-refractivity contribution is 6.94.